The molecule has 0 unspecified atom stereocenters. The maximum absolute atomic E-state index is 11.4. The molecule has 1 aliphatic rings. The molecule has 0 aliphatic carbocycles. The number of nitrogens with zero attached hydrogens (tertiary/aromatic N) is 2. The van der Waals surface area contributed by atoms with Crippen LogP contribution in [0.3, 0.4) is 0 Å². The molecule has 2 heterocycles. The molecule has 0 radical (unpaired) electrons. The van der Waals surface area contributed by atoms with Gasteiger partial charge in [0.05, 0.1) is 31.8 Å². The van der Waals surface area contributed by atoms with Crippen molar-refractivity contribution in [3.05, 3.63) is 6.07 Å². The number of rotatable bonds is 4. The second-order valence-corrected chi connectivity index (χ2v) is 6.65. The number of ether oxygens (including phenoxy) is 2. The number of nitrogens with one attached hydrogen (secondary N) is 1. The first kappa shape index (κ1) is 13.9. The highest BCUT2D eigenvalue weighted by Crippen LogP contribution is 2.20. The van der Waals surface area contributed by atoms with E-state index in [1.54, 1.807) is 6.07 Å². The molecule has 106 valence electrons. The van der Waals surface area contributed by atoms with Crippen molar-refractivity contribution in [1.29, 1.82) is 0 Å². The molecular formula is C11H17N3O4S. The summed E-state index contributed by atoms with van der Waals surface area (Å²) < 4.78 is 32.8. The molecular weight excluding hydrogens is 270 g/mol. The Bertz CT molecular complexity index is 511. The first-order valence-electron chi connectivity index (χ1n) is 5.96. The van der Waals surface area contributed by atoms with E-state index < -0.39 is 9.84 Å². The van der Waals surface area contributed by atoms with Gasteiger partial charge in [0, 0.05) is 6.04 Å². The molecule has 1 saturated heterocycles. The summed E-state index contributed by atoms with van der Waals surface area (Å²) in [4.78, 5) is 8.31. The van der Waals surface area contributed by atoms with Gasteiger partial charge in [-0.2, -0.15) is 9.97 Å². The lowest BCUT2D eigenvalue weighted by Crippen LogP contribution is -2.32. The van der Waals surface area contributed by atoms with Gasteiger partial charge in [0.1, 0.15) is 9.84 Å². The molecule has 1 aromatic heterocycles. The van der Waals surface area contributed by atoms with E-state index in [0.717, 1.165) is 0 Å². The van der Waals surface area contributed by atoms with E-state index in [4.69, 9.17) is 9.47 Å². The first-order valence-corrected chi connectivity index (χ1v) is 7.78. The van der Waals surface area contributed by atoms with Crippen LogP contribution in [0.4, 0.5) is 5.95 Å². The molecule has 2 rings (SSSR count). The van der Waals surface area contributed by atoms with Crippen LogP contribution in [0, 0.1) is 0 Å². The van der Waals surface area contributed by atoms with E-state index in [9.17, 15) is 8.42 Å². The molecule has 1 N–H and O–H groups in total. The lowest BCUT2D eigenvalue weighted by Gasteiger charge is -2.23. The SMILES string of the molecule is COc1cc(OC)nc(NC2CCS(=O)(=O)CC2)n1. The van der Waals surface area contributed by atoms with Crippen LogP contribution in [-0.2, 0) is 9.84 Å². The van der Waals surface area contributed by atoms with Gasteiger partial charge in [0.25, 0.3) is 0 Å². The van der Waals surface area contributed by atoms with Gasteiger partial charge in [-0.25, -0.2) is 8.42 Å². The Hall–Kier alpha value is -1.57. The maximum atomic E-state index is 11.4. The summed E-state index contributed by atoms with van der Waals surface area (Å²) in [6.45, 7) is 0. The van der Waals surface area contributed by atoms with Crippen LogP contribution in [0.25, 0.3) is 0 Å². The van der Waals surface area contributed by atoms with Crippen molar-refractivity contribution in [2.24, 2.45) is 0 Å². The fourth-order valence-electron chi connectivity index (χ4n) is 1.89. The second-order valence-electron chi connectivity index (χ2n) is 4.35. The number of anilines is 1. The quantitative estimate of drug-likeness (QED) is 0.861. The topological polar surface area (TPSA) is 90.4 Å². The zero-order valence-electron chi connectivity index (χ0n) is 10.9. The van der Waals surface area contributed by atoms with Crippen LogP contribution < -0.4 is 14.8 Å². The van der Waals surface area contributed by atoms with Gasteiger partial charge in [-0.1, -0.05) is 0 Å². The standard InChI is InChI=1S/C11H17N3O4S/c1-17-9-7-10(18-2)14-11(13-9)12-8-3-5-19(15,16)6-4-8/h7-8H,3-6H2,1-2H3,(H,12,13,14). The van der Waals surface area contributed by atoms with E-state index in [-0.39, 0.29) is 17.5 Å². The first-order chi connectivity index (χ1) is 9.02. The van der Waals surface area contributed by atoms with Crippen molar-refractivity contribution in [3.8, 4) is 11.8 Å². The van der Waals surface area contributed by atoms with E-state index in [0.29, 0.717) is 30.5 Å². The lowest BCUT2D eigenvalue weighted by atomic mass is 10.2. The van der Waals surface area contributed by atoms with Crippen molar-refractivity contribution >= 4 is 15.8 Å². The van der Waals surface area contributed by atoms with Crippen molar-refractivity contribution < 1.29 is 17.9 Å². The van der Waals surface area contributed by atoms with Crippen molar-refractivity contribution in [2.45, 2.75) is 18.9 Å². The highest BCUT2D eigenvalue weighted by molar-refractivity contribution is 7.91. The Labute approximate surface area is 112 Å². The van der Waals surface area contributed by atoms with Gasteiger partial charge < -0.3 is 14.8 Å². The Morgan fingerprint density at radius 3 is 2.16 bits per heavy atom. The van der Waals surface area contributed by atoms with E-state index in [1.165, 1.54) is 14.2 Å². The number of hydrogen-bond acceptors (Lipinski definition) is 7. The highest BCUT2D eigenvalue weighted by atomic mass is 32.2. The molecule has 1 aliphatic heterocycles. The Morgan fingerprint density at radius 2 is 1.68 bits per heavy atom. The molecule has 1 fully saturated rings. The average Bonchev–Trinajstić information content (AvgIpc) is 2.40. The summed E-state index contributed by atoms with van der Waals surface area (Å²) in [7, 11) is 0.161. The van der Waals surface area contributed by atoms with Crippen molar-refractivity contribution in [2.75, 3.05) is 31.0 Å². The van der Waals surface area contributed by atoms with Gasteiger partial charge in [0.2, 0.25) is 17.7 Å². The summed E-state index contributed by atoms with van der Waals surface area (Å²) >= 11 is 0. The smallest absolute Gasteiger partial charge is 0.229 e. The van der Waals surface area contributed by atoms with Crippen molar-refractivity contribution in [1.82, 2.24) is 9.97 Å². The van der Waals surface area contributed by atoms with E-state index >= 15 is 0 Å². The molecule has 0 atom stereocenters. The second kappa shape index (κ2) is 5.60. The fraction of sp³-hybridized carbons (Fsp3) is 0.636. The van der Waals surface area contributed by atoms with Crippen LogP contribution in [0.2, 0.25) is 0 Å². The lowest BCUT2D eigenvalue weighted by molar-refractivity contribution is 0.372. The van der Waals surface area contributed by atoms with Gasteiger partial charge in [-0.05, 0) is 12.8 Å². The summed E-state index contributed by atoms with van der Waals surface area (Å²) in [5.74, 6) is 1.59. The zero-order valence-corrected chi connectivity index (χ0v) is 11.7. The minimum atomic E-state index is -2.86. The van der Waals surface area contributed by atoms with Gasteiger partial charge >= 0.3 is 0 Å². The predicted octanol–water partition coefficient (Wildman–Crippen LogP) is 0.483. The normalized spacial score (nSPS) is 18.8. The molecule has 19 heavy (non-hydrogen) atoms. The third-order valence-corrected chi connectivity index (χ3v) is 4.70. The highest BCUT2D eigenvalue weighted by Gasteiger charge is 2.24. The molecule has 0 bridgehead atoms. The third kappa shape index (κ3) is 3.69. The Balaban J connectivity index is 2.07. The number of methoxy groups -OCH3 is 2. The van der Waals surface area contributed by atoms with Crippen molar-refractivity contribution in [3.63, 3.8) is 0 Å². The number of hydrogen-bond donors (Lipinski definition) is 1. The Kier molecular flexibility index (Phi) is 4.08. The minimum absolute atomic E-state index is 0.0559. The Morgan fingerprint density at radius 1 is 1.16 bits per heavy atom. The molecule has 0 spiro atoms. The van der Waals surface area contributed by atoms with Crippen LogP contribution in [0.1, 0.15) is 12.8 Å². The molecule has 8 heteroatoms. The molecule has 0 saturated carbocycles. The predicted molar refractivity (Wildman–Crippen MR) is 70.4 cm³/mol. The average molecular weight is 287 g/mol. The number of aromatic nitrogens is 2. The number of sulfone groups is 1. The van der Waals surface area contributed by atoms with E-state index in [2.05, 4.69) is 15.3 Å². The minimum Gasteiger partial charge on any atom is -0.481 e. The monoisotopic (exact) mass is 287 g/mol. The summed E-state index contributed by atoms with van der Waals surface area (Å²) in [5.41, 5.74) is 0. The largest absolute Gasteiger partial charge is 0.481 e. The van der Waals surface area contributed by atoms with E-state index in [1.807, 2.05) is 0 Å². The third-order valence-electron chi connectivity index (χ3n) is 2.99. The van der Waals surface area contributed by atoms with Gasteiger partial charge in [0.15, 0.2) is 0 Å². The molecule has 1 aromatic rings. The van der Waals surface area contributed by atoms with Crippen LogP contribution in [0.15, 0.2) is 6.07 Å². The molecule has 7 nitrogen and oxygen atoms in total. The van der Waals surface area contributed by atoms with Crippen LogP contribution >= 0.6 is 0 Å². The van der Waals surface area contributed by atoms with Gasteiger partial charge in [-0.15, -0.1) is 0 Å². The zero-order chi connectivity index (χ0) is 13.9. The maximum Gasteiger partial charge on any atom is 0.229 e. The fourth-order valence-corrected chi connectivity index (χ4v) is 3.39. The summed E-state index contributed by atoms with van der Waals surface area (Å²) in [6.07, 6.45) is 1.12. The summed E-state index contributed by atoms with van der Waals surface area (Å²) in [6, 6.07) is 1.64. The van der Waals surface area contributed by atoms with Crippen LogP contribution in [0.5, 0.6) is 11.8 Å². The van der Waals surface area contributed by atoms with Crippen LogP contribution in [-0.4, -0.2) is 50.2 Å². The summed E-state index contributed by atoms with van der Waals surface area (Å²) in [5, 5.41) is 3.12. The van der Waals surface area contributed by atoms with Gasteiger partial charge in [-0.3, -0.25) is 0 Å². The molecule has 0 aromatic carbocycles. The molecule has 0 amide bonds.